The Bertz CT molecular complexity index is 1250. The Kier molecular flexibility index (Phi) is 14.4. The van der Waals surface area contributed by atoms with Crippen LogP contribution in [0.3, 0.4) is 0 Å². The maximum Gasteiger partial charge on any atom is 0.350 e. The van der Waals surface area contributed by atoms with Gasteiger partial charge in [-0.25, -0.2) is 13.2 Å². The number of carbonyl (C=O) groups is 1. The van der Waals surface area contributed by atoms with Gasteiger partial charge in [-0.05, 0) is 68.4 Å². The van der Waals surface area contributed by atoms with E-state index in [1.807, 2.05) is 24.3 Å². The van der Waals surface area contributed by atoms with E-state index in [9.17, 15) is 13.2 Å². The van der Waals surface area contributed by atoms with Gasteiger partial charge in [-0.1, -0.05) is 113 Å². The molecule has 5 nitrogen and oxygen atoms in total. The summed E-state index contributed by atoms with van der Waals surface area (Å²) in [5, 5.41) is 0. The summed E-state index contributed by atoms with van der Waals surface area (Å²) in [4.78, 5) is 15.8. The number of rotatable bonds is 18. The molecule has 1 atom stereocenters. The molecule has 1 aliphatic rings. The summed E-state index contributed by atoms with van der Waals surface area (Å²) >= 11 is 0. The predicted molar refractivity (Wildman–Crippen MR) is 173 cm³/mol. The third-order valence-corrected chi connectivity index (χ3v) is 10.1. The van der Waals surface area contributed by atoms with Crippen molar-refractivity contribution in [1.82, 2.24) is 4.90 Å². The highest BCUT2D eigenvalue weighted by molar-refractivity contribution is 7.96. The van der Waals surface area contributed by atoms with E-state index in [0.29, 0.717) is 12.0 Å². The van der Waals surface area contributed by atoms with Crippen LogP contribution in [0.25, 0.3) is 0 Å². The summed E-state index contributed by atoms with van der Waals surface area (Å²) < 4.78 is 33.8. The van der Waals surface area contributed by atoms with E-state index in [2.05, 4.69) is 37.8 Å². The van der Waals surface area contributed by atoms with Crippen LogP contribution in [-0.4, -0.2) is 39.0 Å². The summed E-state index contributed by atoms with van der Waals surface area (Å²) in [7, 11) is -4.09. The monoisotopic (exact) mass is 593 g/mol. The maximum absolute atomic E-state index is 14.0. The third kappa shape index (κ3) is 9.86. The second-order valence-corrected chi connectivity index (χ2v) is 13.2. The van der Waals surface area contributed by atoms with Crippen LogP contribution in [0.4, 0.5) is 0 Å². The van der Waals surface area contributed by atoms with Crippen molar-refractivity contribution in [3.05, 3.63) is 88.5 Å². The summed E-state index contributed by atoms with van der Waals surface area (Å²) in [6.07, 6.45) is 15.0. The first-order valence-electron chi connectivity index (χ1n) is 16.1. The van der Waals surface area contributed by atoms with Crippen LogP contribution < -0.4 is 0 Å². The Morgan fingerprint density at radius 3 is 1.88 bits per heavy atom. The molecule has 0 saturated heterocycles. The van der Waals surface area contributed by atoms with Gasteiger partial charge in [0, 0.05) is 18.8 Å². The molecule has 0 spiro atoms. The number of sulfone groups is 1. The molecule has 0 bridgehead atoms. The van der Waals surface area contributed by atoms with Crippen molar-refractivity contribution in [3.63, 3.8) is 0 Å². The molecule has 0 fully saturated rings. The number of esters is 1. The molecule has 0 aromatic heterocycles. The molecule has 42 heavy (non-hydrogen) atoms. The Hall–Kier alpha value is -2.86. The summed E-state index contributed by atoms with van der Waals surface area (Å²) in [5.41, 5.74) is 2.73. The van der Waals surface area contributed by atoms with Crippen molar-refractivity contribution in [2.45, 2.75) is 109 Å². The quantitative estimate of drug-likeness (QED) is 0.0980. The Balaban J connectivity index is 1.82. The van der Waals surface area contributed by atoms with Crippen molar-refractivity contribution in [1.29, 1.82) is 0 Å². The fraction of sp³-hybridized carbons (Fsp3) is 0.528. The van der Waals surface area contributed by atoms with Crippen LogP contribution in [-0.2, 0) is 19.4 Å². The van der Waals surface area contributed by atoms with E-state index in [0.717, 1.165) is 50.0 Å². The highest BCUT2D eigenvalue weighted by Crippen LogP contribution is 2.40. The average molecular weight is 594 g/mol. The normalized spacial score (nSPS) is 16.5. The minimum absolute atomic E-state index is 0.0672. The van der Waals surface area contributed by atoms with E-state index in [1.54, 1.807) is 30.3 Å². The molecule has 3 rings (SSSR count). The number of hydrogen-bond donors (Lipinski definition) is 0. The third-order valence-electron chi connectivity index (χ3n) is 8.23. The SMILES string of the molecule is CCCCCCCCCCCCOC(=O)/C(=C1\C=C(N(CC)CC)CC(c2ccccc2)C1)S(=O)(=O)c1ccccc1. The van der Waals surface area contributed by atoms with Crippen LogP contribution in [0.15, 0.2) is 87.8 Å². The van der Waals surface area contributed by atoms with Crippen molar-refractivity contribution < 1.29 is 17.9 Å². The largest absolute Gasteiger partial charge is 0.462 e. The number of carbonyl (C=O) groups excluding carboxylic acids is 1. The number of benzene rings is 2. The van der Waals surface area contributed by atoms with E-state index >= 15 is 0 Å². The fourth-order valence-electron chi connectivity index (χ4n) is 5.83. The van der Waals surface area contributed by atoms with Gasteiger partial charge in [-0.15, -0.1) is 0 Å². The lowest BCUT2D eigenvalue weighted by Crippen LogP contribution is -2.27. The van der Waals surface area contributed by atoms with Crippen LogP contribution in [0.1, 0.15) is 109 Å². The van der Waals surface area contributed by atoms with Crippen molar-refractivity contribution in [2.75, 3.05) is 19.7 Å². The molecule has 0 N–H and O–H groups in total. The molecule has 230 valence electrons. The molecular weight excluding hydrogens is 542 g/mol. The summed E-state index contributed by atoms with van der Waals surface area (Å²) in [6, 6.07) is 18.4. The molecule has 2 aromatic carbocycles. The van der Waals surface area contributed by atoms with E-state index in [4.69, 9.17) is 4.74 Å². The number of nitrogens with zero attached hydrogens (tertiary/aromatic N) is 1. The zero-order valence-electron chi connectivity index (χ0n) is 26.0. The first-order chi connectivity index (χ1) is 20.4. The lowest BCUT2D eigenvalue weighted by atomic mass is 9.83. The minimum Gasteiger partial charge on any atom is -0.462 e. The van der Waals surface area contributed by atoms with Gasteiger partial charge < -0.3 is 9.64 Å². The van der Waals surface area contributed by atoms with E-state index in [-0.39, 0.29) is 22.3 Å². The molecule has 2 aromatic rings. The van der Waals surface area contributed by atoms with Gasteiger partial charge in [0.2, 0.25) is 9.84 Å². The Morgan fingerprint density at radius 1 is 0.762 bits per heavy atom. The summed E-state index contributed by atoms with van der Waals surface area (Å²) in [5.74, 6) is -0.675. The van der Waals surface area contributed by atoms with Crippen molar-refractivity contribution >= 4 is 15.8 Å². The first kappa shape index (κ1) is 33.6. The van der Waals surface area contributed by atoms with Gasteiger partial charge in [0.15, 0.2) is 4.91 Å². The second kappa shape index (κ2) is 17.9. The van der Waals surface area contributed by atoms with Crippen LogP contribution >= 0.6 is 0 Å². The zero-order chi connectivity index (χ0) is 30.2. The maximum atomic E-state index is 14.0. The van der Waals surface area contributed by atoms with Gasteiger partial charge >= 0.3 is 5.97 Å². The highest BCUT2D eigenvalue weighted by atomic mass is 32.2. The molecule has 0 saturated carbocycles. The molecule has 0 aliphatic heterocycles. The molecule has 0 heterocycles. The lowest BCUT2D eigenvalue weighted by Gasteiger charge is -2.33. The van der Waals surface area contributed by atoms with Gasteiger partial charge in [0.1, 0.15) is 0 Å². The highest BCUT2D eigenvalue weighted by Gasteiger charge is 2.34. The second-order valence-electron chi connectivity index (χ2n) is 11.3. The average Bonchev–Trinajstić information content (AvgIpc) is 3.01. The van der Waals surface area contributed by atoms with E-state index < -0.39 is 15.8 Å². The van der Waals surface area contributed by atoms with Crippen LogP contribution in [0.5, 0.6) is 0 Å². The Morgan fingerprint density at radius 2 is 1.31 bits per heavy atom. The molecule has 1 aliphatic carbocycles. The predicted octanol–water partition coefficient (Wildman–Crippen LogP) is 8.98. The lowest BCUT2D eigenvalue weighted by molar-refractivity contribution is -0.138. The van der Waals surface area contributed by atoms with E-state index in [1.165, 1.54) is 44.9 Å². The van der Waals surface area contributed by atoms with Crippen molar-refractivity contribution in [3.8, 4) is 0 Å². The molecule has 1 unspecified atom stereocenters. The fourth-order valence-corrected chi connectivity index (χ4v) is 7.35. The smallest absolute Gasteiger partial charge is 0.350 e. The van der Waals surface area contributed by atoms with Crippen LogP contribution in [0.2, 0.25) is 0 Å². The molecule has 0 radical (unpaired) electrons. The van der Waals surface area contributed by atoms with Gasteiger partial charge in [0.05, 0.1) is 11.5 Å². The van der Waals surface area contributed by atoms with Gasteiger partial charge in [-0.2, -0.15) is 0 Å². The minimum atomic E-state index is -4.09. The van der Waals surface area contributed by atoms with Gasteiger partial charge in [-0.3, -0.25) is 0 Å². The molecular formula is C36H51NO4S. The number of allylic oxidation sites excluding steroid dienone is 3. The van der Waals surface area contributed by atoms with Crippen molar-refractivity contribution in [2.24, 2.45) is 0 Å². The molecule has 6 heteroatoms. The van der Waals surface area contributed by atoms with Crippen LogP contribution in [0, 0.1) is 0 Å². The Labute approximate surface area is 255 Å². The molecule has 0 amide bonds. The van der Waals surface area contributed by atoms with Gasteiger partial charge in [0.25, 0.3) is 0 Å². The zero-order valence-corrected chi connectivity index (χ0v) is 26.8. The summed E-state index contributed by atoms with van der Waals surface area (Å²) in [6.45, 7) is 8.28. The first-order valence-corrected chi connectivity index (χ1v) is 17.6. The standard InChI is InChI=1S/C36H51NO4S/c1-4-7-8-9-10-11-12-13-14-21-26-41-36(38)35(42(39,40)34-24-19-16-20-25-34)32-27-31(30-22-17-15-18-23-30)28-33(29-32)37(5-2)6-3/h15-20,22-25,29,31H,4-14,21,26-28H2,1-3H3/b35-32+. The number of hydrogen-bond acceptors (Lipinski definition) is 5. The topological polar surface area (TPSA) is 63.7 Å². The number of ether oxygens (including phenoxy) is 1. The number of unbranched alkanes of at least 4 members (excludes halogenated alkanes) is 9.